The summed E-state index contributed by atoms with van der Waals surface area (Å²) in [6.45, 7) is 3.09. The molecule has 0 aliphatic carbocycles. The van der Waals surface area contributed by atoms with Crippen molar-refractivity contribution in [2.75, 3.05) is 19.5 Å². The van der Waals surface area contributed by atoms with Gasteiger partial charge in [-0.1, -0.05) is 6.92 Å². The van der Waals surface area contributed by atoms with E-state index in [-0.39, 0.29) is 11.9 Å². The van der Waals surface area contributed by atoms with Gasteiger partial charge in [-0.2, -0.15) is 8.42 Å². The van der Waals surface area contributed by atoms with Crippen molar-refractivity contribution in [3.8, 4) is 0 Å². The summed E-state index contributed by atoms with van der Waals surface area (Å²) in [5, 5.41) is 0. The van der Waals surface area contributed by atoms with E-state index in [1.807, 2.05) is 6.92 Å². The number of carbonyl (C=O) groups is 2. The normalized spacial score (nSPS) is 21.2. The molecule has 18 heavy (non-hydrogen) atoms. The summed E-state index contributed by atoms with van der Waals surface area (Å²) < 4.78 is 34.9. The lowest BCUT2D eigenvalue weighted by Gasteiger charge is -1.87. The maximum atomic E-state index is 10.2. The third-order valence-electron chi connectivity index (χ3n) is 1.62. The summed E-state index contributed by atoms with van der Waals surface area (Å²) >= 11 is 0. The van der Waals surface area contributed by atoms with Crippen LogP contribution in [-0.4, -0.2) is 44.4 Å². The quantitative estimate of drug-likeness (QED) is 0.498. The van der Waals surface area contributed by atoms with Gasteiger partial charge in [0.15, 0.2) is 0 Å². The lowest BCUT2D eigenvalue weighted by molar-refractivity contribution is -0.138. The highest BCUT2D eigenvalue weighted by Gasteiger charge is 2.18. The molecule has 0 spiro atoms. The van der Waals surface area contributed by atoms with E-state index in [4.69, 9.17) is 4.55 Å². The van der Waals surface area contributed by atoms with Crippen molar-refractivity contribution in [2.24, 2.45) is 5.92 Å². The Morgan fingerprint density at radius 2 is 1.89 bits per heavy atom. The van der Waals surface area contributed by atoms with Crippen LogP contribution in [0.25, 0.3) is 0 Å². The maximum absolute atomic E-state index is 10.2. The van der Waals surface area contributed by atoms with Gasteiger partial charge in [-0.25, -0.2) is 4.79 Å². The largest absolute Gasteiger partial charge is 0.465 e. The van der Waals surface area contributed by atoms with Crippen molar-refractivity contribution in [3.05, 3.63) is 12.2 Å². The van der Waals surface area contributed by atoms with Crippen LogP contribution in [0.1, 0.15) is 13.3 Å². The second-order valence-corrected chi connectivity index (χ2v) is 5.22. The third kappa shape index (κ3) is 12.7. The van der Waals surface area contributed by atoms with E-state index in [1.165, 1.54) is 6.08 Å². The maximum Gasteiger partial charge on any atom is 0.330 e. The van der Waals surface area contributed by atoms with Gasteiger partial charge >= 0.3 is 11.9 Å². The van der Waals surface area contributed by atoms with Gasteiger partial charge in [0, 0.05) is 12.0 Å². The number of hydrogen-bond acceptors (Lipinski definition) is 6. The summed E-state index contributed by atoms with van der Waals surface area (Å²) in [5.41, 5.74) is 0. The topological polar surface area (TPSA) is 107 Å². The fourth-order valence-corrected chi connectivity index (χ4v) is 0.960. The van der Waals surface area contributed by atoms with Crippen LogP contribution in [-0.2, 0) is 29.2 Å². The Labute approximate surface area is 106 Å². The first kappa shape index (κ1) is 16.6. The number of esters is 2. The molecule has 0 radical (unpaired) electrons. The highest BCUT2D eigenvalue weighted by atomic mass is 32.2. The molecule has 0 aromatic rings. The highest BCUT2D eigenvalue weighted by molar-refractivity contribution is 7.85. The van der Waals surface area contributed by atoms with Gasteiger partial charge in [-0.3, -0.25) is 9.35 Å². The number of hydrogen-bond donors (Lipinski definition) is 1. The van der Waals surface area contributed by atoms with Crippen molar-refractivity contribution >= 4 is 22.1 Å². The van der Waals surface area contributed by atoms with E-state index in [2.05, 4.69) is 9.47 Å². The Balaban J connectivity index is 0.000000245. The first-order valence-electron chi connectivity index (χ1n) is 5.10. The number of carbonyl (C=O) groups excluding carboxylic acids is 2. The van der Waals surface area contributed by atoms with E-state index >= 15 is 0 Å². The highest BCUT2D eigenvalue weighted by Crippen LogP contribution is 2.11. The van der Waals surface area contributed by atoms with Gasteiger partial charge in [-0.15, -0.1) is 0 Å². The van der Waals surface area contributed by atoms with Crippen molar-refractivity contribution in [2.45, 2.75) is 13.3 Å². The molecule has 0 bridgehead atoms. The molecule has 2 rings (SSSR count). The molecule has 1 fully saturated rings. The molecule has 2 heterocycles. The minimum Gasteiger partial charge on any atom is -0.465 e. The van der Waals surface area contributed by atoms with Gasteiger partial charge in [0.2, 0.25) is 0 Å². The van der Waals surface area contributed by atoms with E-state index < -0.39 is 10.1 Å². The standard InChI is InChI=1S/C5H8O2.C4H4O2.CH4O3S/c1-4-2-5(6)7-3-4;5-4-2-1-3-6-4;1-5(2,3)4/h4H,2-3H2,1H3;1-2H,3H2;1H3,(H,2,3,4)/t4-;;/m0../s1. The van der Waals surface area contributed by atoms with Crippen LogP contribution in [0.3, 0.4) is 0 Å². The van der Waals surface area contributed by atoms with E-state index in [0.717, 1.165) is 0 Å². The van der Waals surface area contributed by atoms with E-state index in [9.17, 15) is 18.0 Å². The average Bonchev–Trinajstić information content (AvgIpc) is 2.76. The molecule has 1 atom stereocenters. The molecular formula is C10H16O7S. The van der Waals surface area contributed by atoms with Crippen LogP contribution >= 0.6 is 0 Å². The molecule has 8 heteroatoms. The zero-order valence-corrected chi connectivity index (χ0v) is 11.0. The number of ether oxygens (including phenoxy) is 2. The molecule has 0 amide bonds. The molecule has 2 aliphatic heterocycles. The van der Waals surface area contributed by atoms with Gasteiger partial charge < -0.3 is 9.47 Å². The average molecular weight is 280 g/mol. The molecule has 7 nitrogen and oxygen atoms in total. The van der Waals surface area contributed by atoms with Gasteiger partial charge in [0.05, 0.1) is 19.3 Å². The molecule has 1 saturated heterocycles. The summed E-state index contributed by atoms with van der Waals surface area (Å²) in [6, 6.07) is 0. The van der Waals surface area contributed by atoms with Crippen LogP contribution in [0, 0.1) is 5.92 Å². The first-order valence-corrected chi connectivity index (χ1v) is 6.94. The molecule has 104 valence electrons. The summed E-state index contributed by atoms with van der Waals surface area (Å²) in [5.74, 6) is 0.176. The Kier molecular flexibility index (Phi) is 7.21. The van der Waals surface area contributed by atoms with Crippen LogP contribution in [0.15, 0.2) is 12.2 Å². The molecule has 0 aromatic heterocycles. The second kappa shape index (κ2) is 7.83. The molecular weight excluding hydrogens is 264 g/mol. The van der Waals surface area contributed by atoms with Crippen LogP contribution in [0.4, 0.5) is 0 Å². The van der Waals surface area contributed by atoms with Gasteiger partial charge in [0.1, 0.15) is 6.61 Å². The summed E-state index contributed by atoms with van der Waals surface area (Å²) in [6.07, 6.45) is 4.43. The summed E-state index contributed by atoms with van der Waals surface area (Å²) in [4.78, 5) is 20.2. The van der Waals surface area contributed by atoms with Crippen LogP contribution in [0.5, 0.6) is 0 Å². The van der Waals surface area contributed by atoms with Crippen molar-refractivity contribution < 1.29 is 32.0 Å². The lowest BCUT2D eigenvalue weighted by atomic mass is 10.2. The zero-order valence-electron chi connectivity index (χ0n) is 10.2. The first-order chi connectivity index (χ1) is 8.18. The van der Waals surface area contributed by atoms with Crippen LogP contribution < -0.4 is 0 Å². The van der Waals surface area contributed by atoms with Crippen molar-refractivity contribution in [1.82, 2.24) is 0 Å². The molecule has 2 aliphatic rings. The lowest BCUT2D eigenvalue weighted by Crippen LogP contribution is -1.89. The summed E-state index contributed by atoms with van der Waals surface area (Å²) in [7, 11) is -3.67. The predicted octanol–water partition coefficient (Wildman–Crippen LogP) is 0.173. The van der Waals surface area contributed by atoms with E-state index in [1.54, 1.807) is 6.08 Å². The number of rotatable bonds is 0. The minimum atomic E-state index is -3.67. The number of cyclic esters (lactones) is 2. The Hall–Kier alpha value is -1.41. The SMILES string of the molecule is CS(=O)(=O)O.C[C@@H]1COC(=O)C1.O=C1C=CCO1. The Morgan fingerprint density at radius 3 is 2.00 bits per heavy atom. The molecule has 1 N–H and O–H groups in total. The molecule has 0 saturated carbocycles. The predicted molar refractivity (Wildman–Crippen MR) is 62.3 cm³/mol. The smallest absolute Gasteiger partial charge is 0.330 e. The van der Waals surface area contributed by atoms with Gasteiger partial charge in [0.25, 0.3) is 10.1 Å². The van der Waals surface area contributed by atoms with Crippen molar-refractivity contribution in [1.29, 1.82) is 0 Å². The molecule has 0 aromatic carbocycles. The Bertz CT molecular complexity index is 402. The van der Waals surface area contributed by atoms with Gasteiger partial charge in [-0.05, 0) is 6.08 Å². The molecule has 0 unspecified atom stereocenters. The van der Waals surface area contributed by atoms with E-state index in [0.29, 0.717) is 31.8 Å². The second-order valence-electron chi connectivity index (χ2n) is 3.76. The fourth-order valence-electron chi connectivity index (χ4n) is 0.960. The van der Waals surface area contributed by atoms with Crippen LogP contribution in [0.2, 0.25) is 0 Å². The zero-order chi connectivity index (χ0) is 14.2. The minimum absolute atomic E-state index is 0.0486. The monoisotopic (exact) mass is 280 g/mol. The third-order valence-corrected chi connectivity index (χ3v) is 1.62. The van der Waals surface area contributed by atoms with Crippen molar-refractivity contribution in [3.63, 3.8) is 0 Å². The fraction of sp³-hybridized carbons (Fsp3) is 0.600. The Morgan fingerprint density at radius 1 is 1.33 bits per heavy atom.